The van der Waals surface area contributed by atoms with Crippen LogP contribution in [-0.2, 0) is 4.79 Å². The van der Waals surface area contributed by atoms with Gasteiger partial charge in [-0.3, -0.25) is 14.6 Å². The standard InChI is InChI=1S/C26H28N2O2.2ClH/c1-20-18-28(16-15-27(20)19-25(29)30)26(22-11-6-3-7-12-22)24-14-8-13-23(17-24)21-9-4-2-5-10-21;;/h2-14,17,20,26H,15-16,18-19H2,1H3,(H,29,30);2*1H/t20?,26-;;/m1../s1. The van der Waals surface area contributed by atoms with Gasteiger partial charge in [0.05, 0.1) is 12.6 Å². The molecule has 2 atom stereocenters. The Morgan fingerprint density at radius 3 is 2.09 bits per heavy atom. The van der Waals surface area contributed by atoms with E-state index in [-0.39, 0.29) is 43.4 Å². The molecule has 0 amide bonds. The predicted octanol–water partition coefficient (Wildman–Crippen LogP) is 5.38. The second-order valence-electron chi connectivity index (χ2n) is 8.01. The number of nitrogens with zero attached hydrogens (tertiary/aromatic N) is 2. The van der Waals surface area contributed by atoms with Gasteiger partial charge in [-0.05, 0) is 35.2 Å². The molecule has 1 unspecified atom stereocenters. The van der Waals surface area contributed by atoms with Crippen molar-refractivity contribution in [1.82, 2.24) is 9.80 Å². The summed E-state index contributed by atoms with van der Waals surface area (Å²) in [4.78, 5) is 15.7. The number of piperazine rings is 1. The quantitative estimate of drug-likeness (QED) is 0.522. The SMILES string of the molecule is CC1CN([C@H](c2ccccc2)c2cccc(-c3ccccc3)c2)CCN1CC(=O)O.Cl.Cl. The smallest absolute Gasteiger partial charge is 0.317 e. The first-order valence-electron chi connectivity index (χ1n) is 10.5. The summed E-state index contributed by atoms with van der Waals surface area (Å²) in [6.45, 7) is 4.66. The zero-order chi connectivity index (χ0) is 20.9. The molecule has 0 bridgehead atoms. The third kappa shape index (κ3) is 6.11. The third-order valence-electron chi connectivity index (χ3n) is 5.92. The number of rotatable bonds is 6. The second kappa shape index (κ2) is 12.0. The fraction of sp³-hybridized carbons (Fsp3) is 0.269. The molecule has 1 heterocycles. The lowest BCUT2D eigenvalue weighted by atomic mass is 9.93. The Morgan fingerprint density at radius 2 is 1.47 bits per heavy atom. The van der Waals surface area contributed by atoms with Crippen LogP contribution in [0.15, 0.2) is 84.9 Å². The van der Waals surface area contributed by atoms with Crippen molar-refractivity contribution < 1.29 is 9.90 Å². The molecule has 0 spiro atoms. The number of benzene rings is 3. The van der Waals surface area contributed by atoms with Crippen molar-refractivity contribution in [1.29, 1.82) is 0 Å². The molecule has 32 heavy (non-hydrogen) atoms. The Kier molecular flexibility index (Phi) is 9.73. The summed E-state index contributed by atoms with van der Waals surface area (Å²) in [5.41, 5.74) is 4.96. The fourth-order valence-corrected chi connectivity index (χ4v) is 4.43. The van der Waals surface area contributed by atoms with Gasteiger partial charge in [-0.1, -0.05) is 78.9 Å². The number of hydrogen-bond acceptors (Lipinski definition) is 3. The van der Waals surface area contributed by atoms with E-state index in [9.17, 15) is 9.90 Å². The van der Waals surface area contributed by atoms with Gasteiger partial charge in [-0.15, -0.1) is 24.8 Å². The minimum absolute atomic E-state index is 0. The third-order valence-corrected chi connectivity index (χ3v) is 5.92. The van der Waals surface area contributed by atoms with Gasteiger partial charge >= 0.3 is 5.97 Å². The van der Waals surface area contributed by atoms with E-state index >= 15 is 0 Å². The van der Waals surface area contributed by atoms with Crippen LogP contribution in [-0.4, -0.2) is 53.1 Å². The van der Waals surface area contributed by atoms with Crippen LogP contribution in [0.5, 0.6) is 0 Å². The van der Waals surface area contributed by atoms with Gasteiger partial charge in [0.2, 0.25) is 0 Å². The normalized spacial score (nSPS) is 17.6. The van der Waals surface area contributed by atoms with Gasteiger partial charge in [0.1, 0.15) is 0 Å². The largest absolute Gasteiger partial charge is 0.480 e. The molecule has 3 aromatic rings. The first kappa shape index (κ1) is 25.9. The molecule has 1 saturated heterocycles. The first-order valence-corrected chi connectivity index (χ1v) is 10.5. The van der Waals surface area contributed by atoms with E-state index in [0.717, 1.165) is 19.6 Å². The van der Waals surface area contributed by atoms with E-state index in [1.54, 1.807) is 0 Å². The molecular weight excluding hydrogens is 443 g/mol. The summed E-state index contributed by atoms with van der Waals surface area (Å²) in [5.74, 6) is -0.759. The Morgan fingerprint density at radius 1 is 0.875 bits per heavy atom. The van der Waals surface area contributed by atoms with Gasteiger partial charge in [0.25, 0.3) is 0 Å². The highest BCUT2D eigenvalue weighted by atomic mass is 35.5. The molecular formula is C26H30Cl2N2O2. The summed E-state index contributed by atoms with van der Waals surface area (Å²) in [7, 11) is 0. The molecule has 170 valence electrons. The predicted molar refractivity (Wildman–Crippen MR) is 135 cm³/mol. The summed E-state index contributed by atoms with van der Waals surface area (Å²) in [5, 5.41) is 9.20. The van der Waals surface area contributed by atoms with E-state index in [0.29, 0.717) is 0 Å². The maximum Gasteiger partial charge on any atom is 0.317 e. The second-order valence-corrected chi connectivity index (χ2v) is 8.01. The minimum Gasteiger partial charge on any atom is -0.480 e. The van der Waals surface area contributed by atoms with Gasteiger partial charge in [-0.2, -0.15) is 0 Å². The molecule has 1 N–H and O–H groups in total. The average Bonchev–Trinajstić information content (AvgIpc) is 2.77. The van der Waals surface area contributed by atoms with E-state index in [1.807, 2.05) is 12.1 Å². The molecule has 3 aromatic carbocycles. The van der Waals surface area contributed by atoms with Gasteiger partial charge in [-0.25, -0.2) is 0 Å². The molecule has 0 aromatic heterocycles. The maximum absolute atomic E-state index is 11.2. The fourth-order valence-electron chi connectivity index (χ4n) is 4.43. The van der Waals surface area contributed by atoms with Crippen molar-refractivity contribution >= 4 is 30.8 Å². The van der Waals surface area contributed by atoms with Gasteiger partial charge in [0.15, 0.2) is 0 Å². The van der Waals surface area contributed by atoms with E-state index in [1.165, 1.54) is 22.3 Å². The lowest BCUT2D eigenvalue weighted by Crippen LogP contribution is -2.54. The van der Waals surface area contributed by atoms with Crippen LogP contribution < -0.4 is 0 Å². The molecule has 4 nitrogen and oxygen atoms in total. The number of aliphatic carboxylic acids is 1. The lowest BCUT2D eigenvalue weighted by molar-refractivity contribution is -0.139. The van der Waals surface area contributed by atoms with Crippen molar-refractivity contribution in [3.05, 3.63) is 96.1 Å². The number of carbonyl (C=O) groups is 1. The average molecular weight is 473 g/mol. The first-order chi connectivity index (χ1) is 14.6. The molecule has 0 saturated carbocycles. The Balaban J connectivity index is 0.00000181. The topological polar surface area (TPSA) is 43.8 Å². The number of carboxylic acid groups (broad SMARTS) is 1. The summed E-state index contributed by atoms with van der Waals surface area (Å²) >= 11 is 0. The highest BCUT2D eigenvalue weighted by molar-refractivity contribution is 5.85. The maximum atomic E-state index is 11.2. The van der Waals surface area contributed by atoms with Crippen LogP contribution >= 0.6 is 24.8 Å². The highest BCUT2D eigenvalue weighted by Crippen LogP contribution is 2.33. The van der Waals surface area contributed by atoms with Crippen molar-refractivity contribution in [2.45, 2.75) is 19.0 Å². The van der Waals surface area contributed by atoms with Crippen LogP contribution in [0, 0.1) is 0 Å². The van der Waals surface area contributed by atoms with Crippen molar-refractivity contribution in [2.24, 2.45) is 0 Å². The van der Waals surface area contributed by atoms with E-state index < -0.39 is 5.97 Å². The monoisotopic (exact) mass is 472 g/mol. The highest BCUT2D eigenvalue weighted by Gasteiger charge is 2.31. The van der Waals surface area contributed by atoms with Crippen molar-refractivity contribution in [3.63, 3.8) is 0 Å². The summed E-state index contributed by atoms with van der Waals surface area (Å²) < 4.78 is 0. The molecule has 1 aliphatic rings. The number of halogens is 2. The van der Waals surface area contributed by atoms with Crippen LogP contribution in [0.1, 0.15) is 24.1 Å². The molecule has 0 aliphatic carbocycles. The van der Waals surface area contributed by atoms with Crippen LogP contribution in [0.2, 0.25) is 0 Å². The van der Waals surface area contributed by atoms with E-state index in [2.05, 4.69) is 89.5 Å². The van der Waals surface area contributed by atoms with Crippen LogP contribution in [0.4, 0.5) is 0 Å². The Labute approximate surface area is 202 Å². The summed E-state index contributed by atoms with van der Waals surface area (Å²) in [6, 6.07) is 30.2. The molecule has 0 radical (unpaired) electrons. The van der Waals surface area contributed by atoms with Gasteiger partial charge in [0, 0.05) is 25.7 Å². The zero-order valence-electron chi connectivity index (χ0n) is 18.1. The van der Waals surface area contributed by atoms with E-state index in [4.69, 9.17) is 0 Å². The Bertz CT molecular complexity index is 985. The lowest BCUT2D eigenvalue weighted by Gasteiger charge is -2.43. The Hall–Kier alpha value is -2.37. The molecule has 4 rings (SSSR count). The van der Waals surface area contributed by atoms with Crippen LogP contribution in [0.25, 0.3) is 11.1 Å². The number of hydrogen-bond donors (Lipinski definition) is 1. The minimum atomic E-state index is -0.759. The van der Waals surface area contributed by atoms with Crippen LogP contribution in [0.3, 0.4) is 0 Å². The van der Waals surface area contributed by atoms with Crippen molar-refractivity contribution in [2.75, 3.05) is 26.2 Å². The molecule has 1 aliphatic heterocycles. The molecule has 1 fully saturated rings. The summed E-state index contributed by atoms with van der Waals surface area (Å²) in [6.07, 6.45) is 0. The molecule has 6 heteroatoms. The van der Waals surface area contributed by atoms with Crippen molar-refractivity contribution in [3.8, 4) is 11.1 Å². The zero-order valence-corrected chi connectivity index (χ0v) is 19.8. The van der Waals surface area contributed by atoms with Gasteiger partial charge < -0.3 is 5.11 Å². The number of carboxylic acids is 1.